The third-order valence-corrected chi connectivity index (χ3v) is 4.31. The van der Waals surface area contributed by atoms with Crippen LogP contribution in [0.15, 0.2) is 120 Å². The molecule has 4 heteroatoms. The van der Waals surface area contributed by atoms with Crippen molar-refractivity contribution in [3.8, 4) is 22.6 Å². The molecule has 0 saturated carbocycles. The van der Waals surface area contributed by atoms with Crippen LogP contribution >= 0.6 is 0 Å². The van der Waals surface area contributed by atoms with Crippen molar-refractivity contribution in [2.75, 3.05) is 4.90 Å². The van der Waals surface area contributed by atoms with Crippen LogP contribution in [-0.4, -0.2) is 10.2 Å². The Balaban J connectivity index is 1.89. The molecule has 4 nitrogen and oxygen atoms in total. The number of para-hydroxylation sites is 2. The van der Waals surface area contributed by atoms with E-state index in [1.54, 1.807) is 53.4 Å². The first-order chi connectivity index (χ1) is 18.2. The molecular weight excluding hydrogens is 370 g/mol. The van der Waals surface area contributed by atoms with Gasteiger partial charge in [0.1, 0.15) is 0 Å². The van der Waals surface area contributed by atoms with Gasteiger partial charge in [-0.1, -0.05) is 60.6 Å². The summed E-state index contributed by atoms with van der Waals surface area (Å²) in [5.74, 6) is -0.216. The van der Waals surface area contributed by atoms with E-state index in [2.05, 4.69) is 10.2 Å². The van der Waals surface area contributed by atoms with Crippen molar-refractivity contribution in [2.45, 2.75) is 0 Å². The van der Waals surface area contributed by atoms with Crippen LogP contribution in [0.3, 0.4) is 0 Å². The molecule has 0 fully saturated rings. The van der Waals surface area contributed by atoms with Gasteiger partial charge in [0.15, 0.2) is 0 Å². The summed E-state index contributed by atoms with van der Waals surface area (Å²) in [6.07, 6.45) is 1.00. The van der Waals surface area contributed by atoms with Gasteiger partial charge in [0.05, 0.1) is 11.0 Å². The van der Waals surface area contributed by atoms with Crippen molar-refractivity contribution >= 4 is 17.1 Å². The summed E-state index contributed by atoms with van der Waals surface area (Å²) in [6.45, 7) is 0. The minimum Gasteiger partial charge on any atom is -0.423 e. The zero-order chi connectivity index (χ0) is 27.1. The van der Waals surface area contributed by atoms with Gasteiger partial charge in [-0.3, -0.25) is 0 Å². The van der Waals surface area contributed by atoms with Crippen molar-refractivity contribution in [1.29, 1.82) is 0 Å². The highest BCUT2D eigenvalue weighted by Crippen LogP contribution is 2.36. The Morgan fingerprint density at radius 3 is 1.90 bits per heavy atom. The highest BCUT2D eigenvalue weighted by molar-refractivity contribution is 5.80. The van der Waals surface area contributed by atoms with Crippen LogP contribution in [0, 0.1) is 0 Å². The summed E-state index contributed by atoms with van der Waals surface area (Å²) in [5.41, 5.74) is 0.360. The molecule has 1 aromatic heterocycles. The van der Waals surface area contributed by atoms with Crippen LogP contribution in [-0.2, 0) is 0 Å². The molecule has 1 heterocycles. The number of nitrogens with zero attached hydrogens (tertiary/aromatic N) is 3. The number of hydrogen-bond acceptors (Lipinski definition) is 4. The van der Waals surface area contributed by atoms with Crippen LogP contribution in [0.5, 0.6) is 0 Å². The zero-order valence-electron chi connectivity index (χ0n) is 23.6. The zero-order valence-corrected chi connectivity index (χ0v) is 15.6. The smallest absolute Gasteiger partial charge is 0.247 e. The predicted molar refractivity (Wildman–Crippen MR) is 120 cm³/mol. The molecule has 0 amide bonds. The van der Waals surface area contributed by atoms with Gasteiger partial charge < -0.3 is 9.32 Å². The van der Waals surface area contributed by atoms with Crippen LogP contribution < -0.4 is 4.90 Å². The third kappa shape index (κ3) is 3.59. The molecule has 0 unspecified atom stereocenters. The van der Waals surface area contributed by atoms with Gasteiger partial charge in [0.25, 0.3) is 0 Å². The van der Waals surface area contributed by atoms with Crippen LogP contribution in [0.4, 0.5) is 17.1 Å². The Morgan fingerprint density at radius 2 is 1.27 bits per heavy atom. The molecule has 144 valence electrons. The van der Waals surface area contributed by atoms with E-state index < -0.39 is 36.3 Å². The Bertz CT molecular complexity index is 1610. The number of aromatic nitrogens is 2. The van der Waals surface area contributed by atoms with Crippen LogP contribution in [0.1, 0.15) is 11.0 Å². The average molecular weight is 398 g/mol. The fraction of sp³-hybridized carbons (Fsp3) is 0. The van der Waals surface area contributed by atoms with E-state index in [-0.39, 0.29) is 40.4 Å². The summed E-state index contributed by atoms with van der Waals surface area (Å²) in [4.78, 5) is 1.61. The van der Waals surface area contributed by atoms with E-state index in [4.69, 9.17) is 15.4 Å². The highest BCUT2D eigenvalue weighted by atomic mass is 16.4. The van der Waals surface area contributed by atoms with Gasteiger partial charge >= 0.3 is 0 Å². The Kier molecular flexibility index (Phi) is 2.98. The maximum atomic E-state index is 9.16. The van der Waals surface area contributed by atoms with Gasteiger partial charge in [-0.25, -0.2) is 0 Å². The monoisotopic (exact) mass is 397 g/mol. The minimum absolute atomic E-state index is 0.0296. The lowest BCUT2D eigenvalue weighted by atomic mass is 10.0. The fourth-order valence-corrected chi connectivity index (χ4v) is 2.99. The molecule has 0 aliphatic carbocycles. The molecule has 0 radical (unpaired) electrons. The Labute approximate surface area is 186 Å². The molecule has 5 aromatic rings. The van der Waals surface area contributed by atoms with Crippen LogP contribution in [0.2, 0.25) is 0 Å². The predicted octanol–water partition coefficient (Wildman–Crippen LogP) is 6.87. The van der Waals surface area contributed by atoms with E-state index in [1.807, 2.05) is 12.1 Å². The summed E-state index contributed by atoms with van der Waals surface area (Å²) < 4.78 is 74.4. The molecule has 5 rings (SSSR count). The lowest BCUT2D eigenvalue weighted by Crippen LogP contribution is -2.09. The van der Waals surface area contributed by atoms with Gasteiger partial charge in [-0.05, 0) is 59.6 Å². The number of rotatable bonds is 5. The lowest BCUT2D eigenvalue weighted by molar-refractivity contribution is 0.568. The molecule has 0 aliphatic heterocycles. The van der Waals surface area contributed by atoms with Crippen molar-refractivity contribution in [1.82, 2.24) is 10.2 Å². The topological polar surface area (TPSA) is 42.2 Å². The number of anilines is 3. The second kappa shape index (κ2) is 8.05. The lowest BCUT2D eigenvalue weighted by Gasteiger charge is -2.25. The van der Waals surface area contributed by atoms with E-state index in [0.29, 0.717) is 11.4 Å². The second-order valence-corrected chi connectivity index (χ2v) is 6.22. The minimum atomic E-state index is -0.561. The Morgan fingerprint density at radius 1 is 0.667 bits per heavy atom. The second-order valence-electron chi connectivity index (χ2n) is 6.22. The molecule has 0 atom stereocenters. The van der Waals surface area contributed by atoms with Gasteiger partial charge in [-0.15, -0.1) is 10.2 Å². The molecule has 0 spiro atoms. The van der Waals surface area contributed by atoms with Gasteiger partial charge in [0.2, 0.25) is 12.3 Å². The quantitative estimate of drug-likeness (QED) is 0.324. The molecule has 0 bridgehead atoms. The van der Waals surface area contributed by atoms with Crippen LogP contribution in [0.25, 0.3) is 22.6 Å². The van der Waals surface area contributed by atoms with E-state index in [9.17, 15) is 0 Å². The molecule has 30 heavy (non-hydrogen) atoms. The maximum Gasteiger partial charge on any atom is 0.247 e. The number of benzene rings is 4. The standard InChI is InChI=1S/C26H19N3O/c1-3-12-23(13-4-1)29(24-14-5-2-6-15-24)25-16-8-10-21(18-25)20-9-7-11-22(17-20)26-28-27-19-30-26/h1-19H/i7D,8D,9D,10D,11D,16D,17D,18D. The summed E-state index contributed by atoms with van der Waals surface area (Å²) in [7, 11) is 0. The van der Waals surface area contributed by atoms with Crippen molar-refractivity contribution in [3.63, 3.8) is 0 Å². The molecule has 0 saturated heterocycles. The molecule has 0 aliphatic rings. The molecule has 4 aromatic carbocycles. The van der Waals surface area contributed by atoms with Crippen molar-refractivity contribution < 1.29 is 15.4 Å². The SMILES string of the molecule is [2H]c1c([2H])c(-c2nnco2)c([2H])c(-c2c([2H])c([2H])c([2H])c(N(c3ccccc3)c3ccccc3)c2[2H])c1[2H]. The van der Waals surface area contributed by atoms with Crippen molar-refractivity contribution in [3.05, 3.63) is 115 Å². The maximum absolute atomic E-state index is 9.16. The largest absolute Gasteiger partial charge is 0.423 e. The first-order valence-electron chi connectivity index (χ1n) is 13.1. The van der Waals surface area contributed by atoms with Crippen molar-refractivity contribution in [2.24, 2.45) is 0 Å². The summed E-state index contributed by atoms with van der Waals surface area (Å²) >= 11 is 0. The Hall–Kier alpha value is -4.18. The van der Waals surface area contributed by atoms with Gasteiger partial charge in [-0.2, -0.15) is 0 Å². The first-order valence-corrected chi connectivity index (χ1v) is 9.11. The highest BCUT2D eigenvalue weighted by Gasteiger charge is 2.13. The van der Waals surface area contributed by atoms with E-state index in [0.717, 1.165) is 6.39 Å². The van der Waals surface area contributed by atoms with E-state index in [1.165, 1.54) is 0 Å². The number of hydrogen-bond donors (Lipinski definition) is 0. The first kappa shape index (κ1) is 11.1. The third-order valence-electron chi connectivity index (χ3n) is 4.31. The molecule has 0 N–H and O–H groups in total. The summed E-state index contributed by atoms with van der Waals surface area (Å²) in [6, 6.07) is 14.0. The van der Waals surface area contributed by atoms with E-state index >= 15 is 0 Å². The normalized spacial score (nSPS) is 14.4. The molecular formula is C26H19N3O. The van der Waals surface area contributed by atoms with Gasteiger partial charge in [0, 0.05) is 22.6 Å². The fourth-order valence-electron chi connectivity index (χ4n) is 2.99. The average Bonchev–Trinajstić information content (AvgIpc) is 3.46. The summed E-state index contributed by atoms with van der Waals surface area (Å²) in [5, 5.41) is 7.32.